The first kappa shape index (κ1) is 17.9. The first-order chi connectivity index (χ1) is 11.6. The van der Waals surface area contributed by atoms with Crippen molar-refractivity contribution in [2.24, 2.45) is 0 Å². The van der Waals surface area contributed by atoms with E-state index >= 15 is 0 Å². The normalized spacial score (nSPS) is 13.5. The summed E-state index contributed by atoms with van der Waals surface area (Å²) >= 11 is 2.97. The minimum atomic E-state index is -0.193. The van der Waals surface area contributed by atoms with Gasteiger partial charge in [0.15, 0.2) is 5.82 Å². The van der Waals surface area contributed by atoms with Gasteiger partial charge in [-0.05, 0) is 26.3 Å². The van der Waals surface area contributed by atoms with E-state index in [-0.39, 0.29) is 16.2 Å². The van der Waals surface area contributed by atoms with Crippen LogP contribution >= 0.6 is 23.1 Å². The second-order valence-electron chi connectivity index (χ2n) is 7.10. The zero-order valence-corrected chi connectivity index (χ0v) is 16.8. The van der Waals surface area contributed by atoms with E-state index in [1.807, 2.05) is 41.5 Å². The molecule has 0 spiro atoms. The average molecular weight is 379 g/mol. The summed E-state index contributed by atoms with van der Waals surface area (Å²) in [5.74, 6) is 7.47. The van der Waals surface area contributed by atoms with Crippen LogP contribution < -0.4 is 11.4 Å². The van der Waals surface area contributed by atoms with Crippen LogP contribution in [0.5, 0.6) is 0 Å². The van der Waals surface area contributed by atoms with Crippen molar-refractivity contribution in [3.05, 3.63) is 32.4 Å². The molecule has 1 unspecified atom stereocenters. The number of nitrogen functional groups attached to an aromatic ring is 1. The summed E-state index contributed by atoms with van der Waals surface area (Å²) in [6.45, 7) is 12.0. The van der Waals surface area contributed by atoms with Gasteiger partial charge >= 0.3 is 0 Å². The Balaban J connectivity index is 1.94. The average Bonchev–Trinajstić information content (AvgIpc) is 3.00. The Morgan fingerprint density at radius 3 is 2.56 bits per heavy atom. The van der Waals surface area contributed by atoms with E-state index in [9.17, 15) is 4.79 Å². The van der Waals surface area contributed by atoms with Gasteiger partial charge in [0, 0.05) is 10.3 Å². The predicted octanol–water partition coefficient (Wildman–Crippen LogP) is 3.06. The number of aryl methyl sites for hydroxylation is 2. The lowest BCUT2D eigenvalue weighted by Gasteiger charge is -2.17. The van der Waals surface area contributed by atoms with Crippen molar-refractivity contribution in [2.75, 3.05) is 5.84 Å². The van der Waals surface area contributed by atoms with Crippen LogP contribution in [0.4, 0.5) is 0 Å². The topological polar surface area (TPSA) is 102 Å². The second-order valence-corrected chi connectivity index (χ2v) is 9.61. The van der Waals surface area contributed by atoms with Crippen molar-refractivity contribution in [3.63, 3.8) is 0 Å². The van der Waals surface area contributed by atoms with Gasteiger partial charge in [-0.1, -0.05) is 32.5 Å². The third-order valence-corrected chi connectivity index (χ3v) is 6.23. The number of thioether (sulfide) groups is 1. The van der Waals surface area contributed by atoms with Crippen molar-refractivity contribution in [1.29, 1.82) is 0 Å². The maximum absolute atomic E-state index is 12.4. The van der Waals surface area contributed by atoms with E-state index in [1.54, 1.807) is 11.3 Å². The quantitative estimate of drug-likeness (QED) is 0.536. The maximum Gasteiger partial charge on any atom is 0.259 e. The number of nitrogens with one attached hydrogen (secondary N) is 1. The van der Waals surface area contributed by atoms with E-state index < -0.39 is 0 Å². The fraction of sp³-hybridized carbons (Fsp3) is 0.500. The lowest BCUT2D eigenvalue weighted by molar-refractivity contribution is 0.523. The molecule has 3 aromatic heterocycles. The molecule has 3 heterocycles. The minimum Gasteiger partial charge on any atom is -0.336 e. The van der Waals surface area contributed by atoms with Gasteiger partial charge in [-0.2, -0.15) is 0 Å². The Hall–Kier alpha value is -1.87. The maximum atomic E-state index is 12.4. The highest BCUT2D eigenvalue weighted by Gasteiger charge is 2.25. The van der Waals surface area contributed by atoms with Crippen molar-refractivity contribution in [2.45, 2.75) is 57.4 Å². The van der Waals surface area contributed by atoms with Crippen LogP contribution in [0.1, 0.15) is 55.0 Å². The Labute approximate surface area is 154 Å². The number of hydrogen-bond donors (Lipinski definition) is 2. The fourth-order valence-corrected chi connectivity index (χ4v) is 4.41. The molecule has 9 heteroatoms. The molecule has 3 rings (SSSR count). The number of fused-ring (bicyclic) bond motifs is 1. The first-order valence-corrected chi connectivity index (χ1v) is 9.66. The molecule has 25 heavy (non-hydrogen) atoms. The van der Waals surface area contributed by atoms with Crippen LogP contribution in [-0.2, 0) is 5.41 Å². The highest BCUT2D eigenvalue weighted by Crippen LogP contribution is 2.34. The molecule has 0 saturated heterocycles. The van der Waals surface area contributed by atoms with Crippen LogP contribution in [-0.4, -0.2) is 24.8 Å². The molecule has 134 valence electrons. The highest BCUT2D eigenvalue weighted by molar-refractivity contribution is 7.99. The molecule has 0 aromatic carbocycles. The molecule has 3 aromatic rings. The molecule has 1 atom stereocenters. The summed E-state index contributed by atoms with van der Waals surface area (Å²) in [4.78, 5) is 21.9. The molecule has 0 aliphatic heterocycles. The zero-order valence-electron chi connectivity index (χ0n) is 15.2. The van der Waals surface area contributed by atoms with Crippen LogP contribution in [0.3, 0.4) is 0 Å². The van der Waals surface area contributed by atoms with Crippen LogP contribution in [0.2, 0.25) is 0 Å². The summed E-state index contributed by atoms with van der Waals surface area (Å²) in [6.07, 6.45) is 0. The van der Waals surface area contributed by atoms with Gasteiger partial charge in [-0.15, -0.1) is 21.5 Å². The number of rotatable bonds is 3. The lowest BCUT2D eigenvalue weighted by atomic mass is 9.96. The van der Waals surface area contributed by atoms with Crippen molar-refractivity contribution in [3.8, 4) is 0 Å². The van der Waals surface area contributed by atoms with E-state index in [1.165, 1.54) is 16.4 Å². The Morgan fingerprint density at radius 1 is 1.28 bits per heavy atom. The Morgan fingerprint density at radius 2 is 1.96 bits per heavy atom. The third kappa shape index (κ3) is 3.18. The standard InChI is InChI=1S/C16H22N6OS2/c1-7-8(2)24-13-10(7)12(23)18-11(19-13)9(3)25-15-21-20-14(22(15)17)16(4,5)6/h9H,17H2,1-6H3,(H,18,19,23). The first-order valence-electron chi connectivity index (χ1n) is 7.97. The largest absolute Gasteiger partial charge is 0.336 e. The van der Waals surface area contributed by atoms with Crippen molar-refractivity contribution >= 4 is 33.3 Å². The van der Waals surface area contributed by atoms with Gasteiger partial charge in [0.05, 0.1) is 10.6 Å². The second kappa shape index (κ2) is 6.14. The molecule has 0 bridgehead atoms. The summed E-state index contributed by atoms with van der Waals surface area (Å²) in [5.41, 5.74) is 0.706. The van der Waals surface area contributed by atoms with E-state index in [0.717, 1.165) is 15.3 Å². The Bertz CT molecular complexity index is 995. The molecular formula is C16H22N6OS2. The lowest BCUT2D eigenvalue weighted by Crippen LogP contribution is -2.24. The number of nitrogens with zero attached hydrogens (tertiary/aromatic N) is 4. The predicted molar refractivity (Wildman–Crippen MR) is 103 cm³/mol. The van der Waals surface area contributed by atoms with Crippen molar-refractivity contribution in [1.82, 2.24) is 24.8 Å². The van der Waals surface area contributed by atoms with Gasteiger partial charge in [0.1, 0.15) is 10.7 Å². The highest BCUT2D eigenvalue weighted by atomic mass is 32.2. The molecule has 3 N–H and O–H groups in total. The SMILES string of the molecule is Cc1sc2nc(C(C)Sc3nnc(C(C)(C)C)n3N)[nH]c(=O)c2c1C. The monoisotopic (exact) mass is 378 g/mol. The smallest absolute Gasteiger partial charge is 0.259 e. The third-order valence-electron chi connectivity index (χ3n) is 4.06. The number of thiophene rings is 1. The van der Waals surface area contributed by atoms with E-state index in [0.29, 0.717) is 22.2 Å². The number of H-pyrrole nitrogens is 1. The van der Waals surface area contributed by atoms with E-state index in [2.05, 4.69) is 20.2 Å². The summed E-state index contributed by atoms with van der Waals surface area (Å²) < 4.78 is 1.51. The van der Waals surface area contributed by atoms with Gasteiger partial charge < -0.3 is 10.8 Å². The zero-order chi connectivity index (χ0) is 18.5. The van der Waals surface area contributed by atoms with Crippen molar-refractivity contribution < 1.29 is 0 Å². The molecule has 7 nitrogen and oxygen atoms in total. The fourth-order valence-electron chi connectivity index (χ4n) is 2.55. The summed E-state index contributed by atoms with van der Waals surface area (Å²) in [6, 6.07) is 0. The molecule has 0 saturated carbocycles. The molecule has 0 radical (unpaired) electrons. The van der Waals surface area contributed by atoms with Gasteiger partial charge in [-0.3, -0.25) is 4.79 Å². The molecule has 0 aliphatic carbocycles. The minimum absolute atomic E-state index is 0.0982. The number of aromatic nitrogens is 5. The van der Waals surface area contributed by atoms with Gasteiger partial charge in [0.2, 0.25) is 5.16 Å². The Kier molecular flexibility index (Phi) is 4.40. The molecule has 0 fully saturated rings. The van der Waals surface area contributed by atoms with E-state index in [4.69, 9.17) is 5.84 Å². The molecule has 0 aliphatic rings. The van der Waals surface area contributed by atoms with Crippen LogP contribution in [0.25, 0.3) is 10.2 Å². The number of nitrogens with two attached hydrogens (primary N) is 1. The number of aromatic amines is 1. The van der Waals surface area contributed by atoms with Gasteiger partial charge in [-0.25, -0.2) is 9.66 Å². The summed E-state index contributed by atoms with van der Waals surface area (Å²) in [5, 5.41) is 9.54. The van der Waals surface area contributed by atoms with Crippen LogP contribution in [0.15, 0.2) is 9.95 Å². The molecule has 0 amide bonds. The van der Waals surface area contributed by atoms with Gasteiger partial charge in [0.25, 0.3) is 5.56 Å². The summed E-state index contributed by atoms with van der Waals surface area (Å²) in [7, 11) is 0. The van der Waals surface area contributed by atoms with Crippen LogP contribution in [0, 0.1) is 13.8 Å². The number of hydrogen-bond acceptors (Lipinski definition) is 7. The molecular weight excluding hydrogens is 356 g/mol.